The molecule has 3 aromatic rings. The van der Waals surface area contributed by atoms with Gasteiger partial charge in [0.15, 0.2) is 0 Å². The molecule has 1 saturated carbocycles. The topological polar surface area (TPSA) is 159 Å². The second kappa shape index (κ2) is 15.7. The largest absolute Gasteiger partial charge is 0.339 e. The van der Waals surface area contributed by atoms with E-state index in [2.05, 4.69) is 42.1 Å². The van der Waals surface area contributed by atoms with E-state index < -0.39 is 35.6 Å². The Morgan fingerprint density at radius 2 is 1.88 bits per heavy atom. The lowest BCUT2D eigenvalue weighted by Crippen LogP contribution is -2.55. The third-order valence-electron chi connectivity index (χ3n) is 9.54. The van der Waals surface area contributed by atoms with E-state index in [4.69, 9.17) is 0 Å². The van der Waals surface area contributed by atoms with Crippen LogP contribution in [0.4, 0.5) is 16.0 Å². The second-order valence-corrected chi connectivity index (χ2v) is 13.5. The molecule has 16 heteroatoms. The van der Waals surface area contributed by atoms with Crippen LogP contribution in [0.3, 0.4) is 0 Å². The summed E-state index contributed by atoms with van der Waals surface area (Å²) >= 11 is 0.916. The number of likely N-dealkylation sites (N-methyl/N-ethyl adjacent to an activating group) is 1. The number of carbonyl (C=O) groups is 4. The lowest BCUT2D eigenvalue weighted by molar-refractivity contribution is -0.135. The summed E-state index contributed by atoms with van der Waals surface area (Å²) in [6, 6.07) is 2.44. The highest BCUT2D eigenvalue weighted by molar-refractivity contribution is 7.07. The number of hydrogen-bond donors (Lipinski definition) is 2. The van der Waals surface area contributed by atoms with Gasteiger partial charge >= 0.3 is 0 Å². The minimum Gasteiger partial charge on any atom is -0.339 e. The molecule has 14 nitrogen and oxygen atoms in total. The van der Waals surface area contributed by atoms with Crippen LogP contribution < -0.4 is 15.5 Å². The predicted octanol–water partition coefficient (Wildman–Crippen LogP) is 2.76. The number of benzene rings is 1. The number of nitrogens with one attached hydrogen (secondary N) is 2. The first kappa shape index (κ1) is 35.0. The normalized spacial score (nSPS) is 20.4. The van der Waals surface area contributed by atoms with Gasteiger partial charge in [0.25, 0.3) is 5.91 Å². The van der Waals surface area contributed by atoms with E-state index in [1.165, 1.54) is 29.6 Å². The summed E-state index contributed by atoms with van der Waals surface area (Å²) in [5, 5.41) is 13.4. The number of anilines is 2. The van der Waals surface area contributed by atoms with Gasteiger partial charge in [-0.05, 0) is 67.9 Å². The van der Waals surface area contributed by atoms with E-state index >= 15 is 4.39 Å². The molecule has 3 atom stereocenters. The lowest BCUT2D eigenvalue weighted by Gasteiger charge is -2.36. The zero-order valence-electron chi connectivity index (χ0n) is 27.7. The predicted molar refractivity (Wildman–Crippen MR) is 178 cm³/mol. The molecular formula is C32H43FN10O4S. The Labute approximate surface area is 283 Å². The Kier molecular flexibility index (Phi) is 11.5. The molecule has 2 fully saturated rings. The van der Waals surface area contributed by atoms with Gasteiger partial charge in [0.2, 0.25) is 24.2 Å². The van der Waals surface area contributed by atoms with Crippen molar-refractivity contribution < 1.29 is 23.6 Å². The van der Waals surface area contributed by atoms with Crippen LogP contribution in [0.5, 0.6) is 0 Å². The van der Waals surface area contributed by atoms with Crippen LogP contribution >= 0.6 is 11.5 Å². The first-order valence-electron chi connectivity index (χ1n) is 16.4. The van der Waals surface area contributed by atoms with Gasteiger partial charge in [0.05, 0.1) is 11.9 Å². The molecule has 3 heterocycles. The number of aromatic nitrogens is 5. The van der Waals surface area contributed by atoms with Crippen LogP contribution in [-0.4, -0.2) is 104 Å². The Bertz CT molecular complexity index is 1570. The Balaban J connectivity index is 1.38. The highest BCUT2D eigenvalue weighted by Gasteiger charge is 2.38. The molecule has 2 aliphatic rings. The maximum atomic E-state index is 15.8. The SMILES string of the molecule is CCn1ncnc1N(C=O)[C@H](C(=O)Nc1ccc([C@H](C)[C@@H](NC(=O)c2cnns2)C(=O)N2CCN(C)CC2)cc1F)C1CCC(C)CC1. The molecular weight excluding hydrogens is 639 g/mol. The van der Waals surface area contributed by atoms with Gasteiger partial charge in [-0.1, -0.05) is 37.2 Å². The molecule has 5 rings (SSSR count). The van der Waals surface area contributed by atoms with Crippen molar-refractivity contribution in [1.82, 2.24) is 39.5 Å². The van der Waals surface area contributed by atoms with E-state index in [9.17, 15) is 19.2 Å². The molecule has 0 spiro atoms. The standard InChI is InChI=1S/C32H43FN10O4S/c1-5-43-32(34-18-36-43)42(19-44)28(22-8-6-20(2)7-9-22)30(46)37-25-11-10-23(16-24(25)33)21(3)27(38-29(45)26-17-35-39-48-26)31(47)41-14-12-40(4)13-15-41/h10-11,16-22,27-28H,5-9,12-15H2,1-4H3,(H,37,46)(H,38,45)/t20?,21-,22?,27+,28-/m0/s1. The zero-order valence-corrected chi connectivity index (χ0v) is 28.5. The molecule has 1 aliphatic carbocycles. The third-order valence-corrected chi connectivity index (χ3v) is 10.2. The summed E-state index contributed by atoms with van der Waals surface area (Å²) in [5.41, 5.74) is 0.402. The van der Waals surface area contributed by atoms with Crippen molar-refractivity contribution in [3.63, 3.8) is 0 Å². The molecule has 0 bridgehead atoms. The van der Waals surface area contributed by atoms with Crippen LogP contribution in [0.25, 0.3) is 0 Å². The summed E-state index contributed by atoms with van der Waals surface area (Å²) in [4.78, 5) is 62.9. The Morgan fingerprint density at radius 1 is 1.15 bits per heavy atom. The van der Waals surface area contributed by atoms with Crippen LogP contribution in [0.1, 0.15) is 67.6 Å². The monoisotopic (exact) mass is 682 g/mol. The molecule has 1 aliphatic heterocycles. The fourth-order valence-corrected chi connectivity index (χ4v) is 6.92. The third kappa shape index (κ3) is 7.86. The maximum absolute atomic E-state index is 15.8. The minimum atomic E-state index is -0.988. The first-order valence-corrected chi connectivity index (χ1v) is 17.2. The molecule has 0 unspecified atom stereocenters. The number of aryl methyl sites for hydroxylation is 1. The summed E-state index contributed by atoms with van der Waals surface area (Å²) in [6.07, 6.45) is 6.54. The highest BCUT2D eigenvalue weighted by atomic mass is 32.1. The summed E-state index contributed by atoms with van der Waals surface area (Å²) in [6.45, 7) is 8.63. The maximum Gasteiger partial charge on any atom is 0.265 e. The summed E-state index contributed by atoms with van der Waals surface area (Å²) in [7, 11) is 1.98. The Morgan fingerprint density at radius 3 is 2.50 bits per heavy atom. The van der Waals surface area contributed by atoms with Crippen molar-refractivity contribution in [2.24, 2.45) is 11.8 Å². The van der Waals surface area contributed by atoms with E-state index in [1.807, 2.05) is 14.0 Å². The van der Waals surface area contributed by atoms with Crippen molar-refractivity contribution in [3.05, 3.63) is 47.0 Å². The number of nitrogens with zero attached hydrogens (tertiary/aromatic N) is 8. The van der Waals surface area contributed by atoms with Gasteiger partial charge in [-0.3, -0.25) is 24.1 Å². The Hall–Kier alpha value is -4.31. The average Bonchev–Trinajstić information content (AvgIpc) is 3.80. The van der Waals surface area contributed by atoms with Crippen molar-refractivity contribution >= 4 is 47.3 Å². The van der Waals surface area contributed by atoms with E-state index in [1.54, 1.807) is 22.6 Å². The minimum absolute atomic E-state index is 0.0605. The quantitative estimate of drug-likeness (QED) is 0.274. The fourth-order valence-electron chi connectivity index (χ4n) is 6.51. The van der Waals surface area contributed by atoms with Crippen molar-refractivity contribution in [2.75, 3.05) is 43.4 Å². The molecule has 2 aromatic heterocycles. The number of amides is 4. The van der Waals surface area contributed by atoms with Crippen molar-refractivity contribution in [3.8, 4) is 0 Å². The van der Waals surface area contributed by atoms with Gasteiger partial charge in [0, 0.05) is 38.6 Å². The first-order chi connectivity index (χ1) is 23.1. The summed E-state index contributed by atoms with van der Waals surface area (Å²) < 4.78 is 21.1. The fraction of sp³-hybridized carbons (Fsp3) is 0.562. The van der Waals surface area contributed by atoms with Gasteiger partial charge in [-0.25, -0.2) is 9.07 Å². The molecule has 2 N–H and O–H groups in total. The zero-order chi connectivity index (χ0) is 34.4. The van der Waals surface area contributed by atoms with Crippen LogP contribution in [0.15, 0.2) is 30.7 Å². The van der Waals surface area contributed by atoms with Gasteiger partial charge in [-0.15, -0.1) is 5.10 Å². The number of hydrogen-bond acceptors (Lipinski definition) is 10. The van der Waals surface area contributed by atoms with Gasteiger partial charge in [-0.2, -0.15) is 10.1 Å². The smallest absolute Gasteiger partial charge is 0.265 e. The lowest BCUT2D eigenvalue weighted by atomic mass is 9.78. The number of rotatable bonds is 12. The number of piperazine rings is 1. The molecule has 258 valence electrons. The van der Waals surface area contributed by atoms with Crippen LogP contribution in [0, 0.1) is 17.7 Å². The van der Waals surface area contributed by atoms with Crippen molar-refractivity contribution in [2.45, 2.75) is 71.0 Å². The molecule has 4 amide bonds. The van der Waals surface area contributed by atoms with Gasteiger partial charge in [0.1, 0.15) is 29.1 Å². The van der Waals surface area contributed by atoms with E-state index in [0.717, 1.165) is 37.2 Å². The molecule has 0 radical (unpaired) electrons. The van der Waals surface area contributed by atoms with E-state index in [0.29, 0.717) is 50.6 Å². The summed E-state index contributed by atoms with van der Waals surface area (Å²) in [5.74, 6) is -2.01. The molecule has 1 aromatic carbocycles. The molecule has 1 saturated heterocycles. The molecule has 48 heavy (non-hydrogen) atoms. The number of carbonyl (C=O) groups excluding carboxylic acids is 4. The average molecular weight is 683 g/mol. The van der Waals surface area contributed by atoms with Gasteiger partial charge < -0.3 is 20.4 Å². The highest BCUT2D eigenvalue weighted by Crippen LogP contribution is 2.34. The second-order valence-electron chi connectivity index (χ2n) is 12.7. The van der Waals surface area contributed by atoms with Crippen LogP contribution in [-0.2, 0) is 20.9 Å². The van der Waals surface area contributed by atoms with Crippen LogP contribution in [0.2, 0.25) is 0 Å². The van der Waals surface area contributed by atoms with Crippen molar-refractivity contribution in [1.29, 1.82) is 0 Å². The number of halogens is 1. The van der Waals surface area contributed by atoms with E-state index in [-0.39, 0.29) is 28.3 Å².